The van der Waals surface area contributed by atoms with Gasteiger partial charge in [-0.25, -0.2) is 4.79 Å². The number of hydrogen-bond donors (Lipinski definition) is 2. The fourth-order valence-electron chi connectivity index (χ4n) is 2.71. The first-order chi connectivity index (χ1) is 9.51. The van der Waals surface area contributed by atoms with Crippen LogP contribution in [-0.4, -0.2) is 23.9 Å². The van der Waals surface area contributed by atoms with E-state index in [-0.39, 0.29) is 23.3 Å². The molecule has 1 unspecified atom stereocenters. The van der Waals surface area contributed by atoms with Gasteiger partial charge in [0, 0.05) is 11.5 Å². The summed E-state index contributed by atoms with van der Waals surface area (Å²) in [7, 11) is 0. The van der Waals surface area contributed by atoms with E-state index in [0.717, 1.165) is 12.8 Å². The van der Waals surface area contributed by atoms with Crippen molar-refractivity contribution < 1.29 is 9.59 Å². The van der Waals surface area contributed by atoms with E-state index >= 15 is 0 Å². The van der Waals surface area contributed by atoms with E-state index in [2.05, 4.69) is 10.6 Å². The molecule has 0 radical (unpaired) electrons. The molecule has 1 rings (SSSR count). The molecule has 0 saturated heterocycles. The first-order valence-corrected chi connectivity index (χ1v) is 8.13. The van der Waals surface area contributed by atoms with Gasteiger partial charge in [-0.15, -0.1) is 0 Å². The van der Waals surface area contributed by atoms with Crippen LogP contribution >= 0.6 is 0 Å². The van der Waals surface area contributed by atoms with Crippen molar-refractivity contribution in [2.45, 2.75) is 85.7 Å². The molecule has 0 spiro atoms. The van der Waals surface area contributed by atoms with E-state index < -0.39 is 11.5 Å². The molecule has 1 fully saturated rings. The summed E-state index contributed by atoms with van der Waals surface area (Å²) in [5.74, 6) is 0.0776. The van der Waals surface area contributed by atoms with Crippen molar-refractivity contribution in [3.05, 3.63) is 0 Å². The van der Waals surface area contributed by atoms with Crippen LogP contribution in [-0.2, 0) is 4.79 Å². The van der Waals surface area contributed by atoms with E-state index in [0.29, 0.717) is 0 Å². The van der Waals surface area contributed by atoms with Gasteiger partial charge in [-0.2, -0.15) is 0 Å². The van der Waals surface area contributed by atoms with Crippen LogP contribution in [0.5, 0.6) is 0 Å². The molecule has 0 heterocycles. The van der Waals surface area contributed by atoms with Crippen LogP contribution in [0.4, 0.5) is 4.79 Å². The molecule has 122 valence electrons. The highest BCUT2D eigenvalue weighted by molar-refractivity contribution is 5.92. The molecule has 0 aromatic carbocycles. The van der Waals surface area contributed by atoms with E-state index in [1.165, 1.54) is 19.3 Å². The summed E-state index contributed by atoms with van der Waals surface area (Å²) in [5, 5.41) is 5.94. The third-order valence-corrected chi connectivity index (χ3v) is 4.08. The Morgan fingerprint density at radius 1 is 0.952 bits per heavy atom. The normalized spacial score (nSPS) is 19.0. The summed E-state index contributed by atoms with van der Waals surface area (Å²) in [6.45, 7) is 11.7. The highest BCUT2D eigenvalue weighted by Crippen LogP contribution is 2.27. The van der Waals surface area contributed by atoms with Gasteiger partial charge in [-0.1, -0.05) is 60.8 Å². The lowest BCUT2D eigenvalue weighted by atomic mass is 9.76. The monoisotopic (exact) mass is 296 g/mol. The van der Waals surface area contributed by atoms with Crippen LogP contribution in [0, 0.1) is 10.8 Å². The topological polar surface area (TPSA) is 58.2 Å². The summed E-state index contributed by atoms with van der Waals surface area (Å²) in [5.41, 5.74) is -0.760. The Morgan fingerprint density at radius 2 is 1.48 bits per heavy atom. The second-order valence-electron chi connectivity index (χ2n) is 8.37. The predicted octanol–water partition coefficient (Wildman–Crippen LogP) is 3.65. The molecule has 4 heteroatoms. The van der Waals surface area contributed by atoms with Crippen LogP contribution < -0.4 is 10.6 Å². The Bertz CT molecular complexity index is 371. The second kappa shape index (κ2) is 6.80. The molecule has 2 N–H and O–H groups in total. The number of urea groups is 1. The number of amides is 2. The number of carbonyl (C=O) groups excluding carboxylic acids is 2. The van der Waals surface area contributed by atoms with Crippen molar-refractivity contribution >= 4 is 11.8 Å². The maximum absolute atomic E-state index is 12.6. The molecule has 1 atom stereocenters. The van der Waals surface area contributed by atoms with Crippen LogP contribution in [0.25, 0.3) is 0 Å². The number of nitrogens with one attached hydrogen (secondary N) is 2. The standard InChI is InChI=1S/C17H32N2O2/c1-16(2,3)13(14(20)17(4,5)6)19-15(21)18-12-10-8-7-9-11-12/h12-13H,7-11H2,1-6H3,(H2,18,19,21). The summed E-state index contributed by atoms with van der Waals surface area (Å²) >= 11 is 0. The maximum Gasteiger partial charge on any atom is 0.315 e. The highest BCUT2D eigenvalue weighted by Gasteiger charge is 2.38. The van der Waals surface area contributed by atoms with E-state index in [1.54, 1.807) is 0 Å². The Morgan fingerprint density at radius 3 is 1.90 bits per heavy atom. The molecule has 21 heavy (non-hydrogen) atoms. The third-order valence-electron chi connectivity index (χ3n) is 4.08. The van der Waals surface area contributed by atoms with Crippen LogP contribution in [0.1, 0.15) is 73.6 Å². The number of hydrogen-bond acceptors (Lipinski definition) is 2. The Balaban J connectivity index is 2.68. The van der Waals surface area contributed by atoms with Crippen LogP contribution in [0.3, 0.4) is 0 Å². The molecule has 0 aliphatic heterocycles. The van der Waals surface area contributed by atoms with Crippen molar-refractivity contribution in [2.75, 3.05) is 0 Å². The van der Waals surface area contributed by atoms with E-state index in [9.17, 15) is 9.59 Å². The van der Waals surface area contributed by atoms with Gasteiger partial charge in [0.25, 0.3) is 0 Å². The van der Waals surface area contributed by atoms with Gasteiger partial charge in [0.1, 0.15) is 0 Å². The molecular formula is C17H32N2O2. The van der Waals surface area contributed by atoms with Crippen molar-refractivity contribution in [3.8, 4) is 0 Å². The van der Waals surface area contributed by atoms with Crippen LogP contribution in [0.2, 0.25) is 0 Å². The number of ketones is 1. The second-order valence-corrected chi connectivity index (χ2v) is 8.37. The van der Waals surface area contributed by atoms with Gasteiger partial charge < -0.3 is 10.6 Å². The zero-order chi connectivity index (χ0) is 16.3. The fraction of sp³-hybridized carbons (Fsp3) is 0.882. The minimum Gasteiger partial charge on any atom is -0.335 e. The van der Waals surface area contributed by atoms with E-state index in [4.69, 9.17) is 0 Å². The van der Waals surface area contributed by atoms with Gasteiger partial charge in [0.15, 0.2) is 5.78 Å². The molecular weight excluding hydrogens is 264 g/mol. The smallest absolute Gasteiger partial charge is 0.315 e. The summed E-state index contributed by atoms with van der Waals surface area (Å²) in [6.07, 6.45) is 5.69. The SMILES string of the molecule is CC(C)(C)C(=O)C(NC(=O)NC1CCCCC1)C(C)(C)C. The molecule has 0 aromatic heterocycles. The molecule has 0 bridgehead atoms. The summed E-state index contributed by atoms with van der Waals surface area (Å²) < 4.78 is 0. The number of carbonyl (C=O) groups is 2. The quantitative estimate of drug-likeness (QED) is 0.835. The van der Waals surface area contributed by atoms with Gasteiger partial charge in [-0.3, -0.25) is 4.79 Å². The average molecular weight is 296 g/mol. The van der Waals surface area contributed by atoms with Crippen LogP contribution in [0.15, 0.2) is 0 Å². The summed E-state index contributed by atoms with van der Waals surface area (Å²) in [4.78, 5) is 24.8. The minimum atomic E-state index is -0.471. The third kappa shape index (κ3) is 5.68. The zero-order valence-electron chi connectivity index (χ0n) is 14.5. The van der Waals surface area contributed by atoms with Crippen molar-refractivity contribution in [3.63, 3.8) is 0 Å². The molecule has 1 saturated carbocycles. The maximum atomic E-state index is 12.6. The largest absolute Gasteiger partial charge is 0.335 e. The highest BCUT2D eigenvalue weighted by atomic mass is 16.2. The minimum absolute atomic E-state index is 0.0776. The van der Waals surface area contributed by atoms with Gasteiger partial charge in [-0.05, 0) is 18.3 Å². The molecule has 1 aliphatic rings. The Kier molecular flexibility index (Phi) is 5.83. The van der Waals surface area contributed by atoms with Crippen molar-refractivity contribution in [1.29, 1.82) is 0 Å². The van der Waals surface area contributed by atoms with Gasteiger partial charge in [0.05, 0.1) is 6.04 Å². The molecule has 4 nitrogen and oxygen atoms in total. The molecule has 2 amide bonds. The van der Waals surface area contributed by atoms with Gasteiger partial charge >= 0.3 is 6.03 Å². The molecule has 1 aliphatic carbocycles. The Labute approximate surface area is 129 Å². The lowest BCUT2D eigenvalue weighted by molar-refractivity contribution is -0.130. The van der Waals surface area contributed by atoms with Crippen molar-refractivity contribution in [2.24, 2.45) is 10.8 Å². The van der Waals surface area contributed by atoms with Gasteiger partial charge in [0.2, 0.25) is 0 Å². The Hall–Kier alpha value is -1.06. The first kappa shape index (κ1) is 18.0. The number of rotatable bonds is 3. The predicted molar refractivity (Wildman–Crippen MR) is 86.2 cm³/mol. The lowest BCUT2D eigenvalue weighted by Gasteiger charge is -2.35. The lowest BCUT2D eigenvalue weighted by Crippen LogP contribution is -2.56. The zero-order valence-corrected chi connectivity index (χ0v) is 14.5. The van der Waals surface area contributed by atoms with E-state index in [1.807, 2.05) is 41.5 Å². The average Bonchev–Trinajstić information content (AvgIpc) is 2.34. The first-order valence-electron chi connectivity index (χ1n) is 8.13. The van der Waals surface area contributed by atoms with Crippen molar-refractivity contribution in [1.82, 2.24) is 10.6 Å². The summed E-state index contributed by atoms with van der Waals surface area (Å²) in [6, 6.07) is -0.426. The molecule has 0 aromatic rings. The fourth-order valence-corrected chi connectivity index (χ4v) is 2.71. The number of Topliss-reactive ketones (excluding diaryl/α,β-unsaturated/α-hetero) is 1.